The predicted molar refractivity (Wildman–Crippen MR) is 127 cm³/mol. The fraction of sp³-hybridized carbons (Fsp3) is 0.652. The Balaban J connectivity index is 1.73. The van der Waals surface area contributed by atoms with E-state index in [-0.39, 0.29) is 35.5 Å². The van der Waals surface area contributed by atoms with Crippen LogP contribution in [0.5, 0.6) is 5.75 Å². The Morgan fingerprint density at radius 1 is 1.03 bits per heavy atom. The average Bonchev–Trinajstić information content (AvgIpc) is 3.10. The van der Waals surface area contributed by atoms with E-state index in [1.54, 1.807) is 11.0 Å². The highest BCUT2D eigenvalue weighted by Crippen LogP contribution is 2.29. The number of hydrogen-bond acceptors (Lipinski definition) is 7. The van der Waals surface area contributed by atoms with E-state index in [0.717, 1.165) is 13.0 Å². The second-order valence-electron chi connectivity index (χ2n) is 8.37. The number of carbonyl (C=O) groups is 2. The summed E-state index contributed by atoms with van der Waals surface area (Å²) in [5, 5.41) is 0. The van der Waals surface area contributed by atoms with Crippen LogP contribution in [0.1, 0.15) is 30.6 Å². The maximum absolute atomic E-state index is 13.3. The highest BCUT2D eigenvalue weighted by molar-refractivity contribution is 7.89. The number of benzene rings is 1. The first-order valence-corrected chi connectivity index (χ1v) is 13.3. The van der Waals surface area contributed by atoms with Gasteiger partial charge < -0.3 is 19.3 Å². The molecule has 190 valence electrons. The van der Waals surface area contributed by atoms with Gasteiger partial charge in [0.1, 0.15) is 10.6 Å². The van der Waals surface area contributed by atoms with Gasteiger partial charge >= 0.3 is 0 Å². The molecule has 0 unspecified atom stereocenters. The quantitative estimate of drug-likeness (QED) is 0.523. The summed E-state index contributed by atoms with van der Waals surface area (Å²) in [4.78, 5) is 31.4. The normalized spacial score (nSPS) is 18.4. The molecule has 2 aliphatic heterocycles. The Hall–Kier alpha value is -2.21. The van der Waals surface area contributed by atoms with Gasteiger partial charge in [-0.25, -0.2) is 8.42 Å². The lowest BCUT2D eigenvalue weighted by atomic mass is 10.2. The Kier molecular flexibility index (Phi) is 9.29. The lowest BCUT2D eigenvalue weighted by Gasteiger charge is -2.27. The van der Waals surface area contributed by atoms with Crippen molar-refractivity contribution < 1.29 is 27.5 Å². The van der Waals surface area contributed by atoms with E-state index in [4.69, 9.17) is 9.47 Å². The van der Waals surface area contributed by atoms with E-state index < -0.39 is 10.0 Å². The van der Waals surface area contributed by atoms with Crippen molar-refractivity contribution in [2.75, 3.05) is 79.2 Å². The summed E-state index contributed by atoms with van der Waals surface area (Å²) in [5.41, 5.74) is 0.306. The summed E-state index contributed by atoms with van der Waals surface area (Å²) >= 11 is 0. The number of nitrogens with zero attached hydrogens (tertiary/aromatic N) is 4. The highest BCUT2D eigenvalue weighted by atomic mass is 32.2. The van der Waals surface area contributed by atoms with Crippen LogP contribution in [0.2, 0.25) is 0 Å². The number of carbonyl (C=O) groups excluding carboxylic acids is 2. The molecule has 0 atom stereocenters. The second kappa shape index (κ2) is 12.0. The molecule has 0 aliphatic carbocycles. The van der Waals surface area contributed by atoms with E-state index in [1.165, 1.54) is 23.5 Å². The number of ether oxygens (including phenoxy) is 2. The molecule has 0 saturated carbocycles. The molecule has 2 aliphatic rings. The summed E-state index contributed by atoms with van der Waals surface area (Å²) in [7, 11) is -2.41. The van der Waals surface area contributed by atoms with Gasteiger partial charge in [0.15, 0.2) is 0 Å². The molecule has 34 heavy (non-hydrogen) atoms. The van der Waals surface area contributed by atoms with Crippen LogP contribution < -0.4 is 4.74 Å². The molecule has 11 heteroatoms. The number of hydrogen-bond donors (Lipinski definition) is 0. The van der Waals surface area contributed by atoms with Crippen molar-refractivity contribution in [3.63, 3.8) is 0 Å². The minimum atomic E-state index is -3.83. The van der Waals surface area contributed by atoms with Crippen LogP contribution >= 0.6 is 0 Å². The molecule has 0 N–H and O–H groups in total. The predicted octanol–water partition coefficient (Wildman–Crippen LogP) is 0.732. The Morgan fingerprint density at radius 2 is 1.74 bits per heavy atom. The van der Waals surface area contributed by atoms with Crippen LogP contribution in [-0.4, -0.2) is 118 Å². The van der Waals surface area contributed by atoms with Crippen LogP contribution in [0.3, 0.4) is 0 Å². The van der Waals surface area contributed by atoms with Gasteiger partial charge in [0.25, 0.3) is 5.91 Å². The summed E-state index contributed by atoms with van der Waals surface area (Å²) in [5.74, 6) is 0.0795. The fourth-order valence-corrected chi connectivity index (χ4v) is 5.91. The van der Waals surface area contributed by atoms with E-state index in [1.807, 2.05) is 18.7 Å². The SMILES string of the molecule is CCN(CC)C(=O)CN1CCCN(C(=O)c2ccc(OC)c(S(=O)(=O)N3CCOCC3)c2)CC1. The maximum atomic E-state index is 13.3. The van der Waals surface area contributed by atoms with Gasteiger partial charge in [-0.2, -0.15) is 4.31 Å². The molecule has 2 amide bonds. The van der Waals surface area contributed by atoms with Gasteiger partial charge in [0.05, 0.1) is 26.9 Å². The van der Waals surface area contributed by atoms with Crippen LogP contribution in [0.25, 0.3) is 0 Å². The first kappa shape index (κ1) is 26.4. The third kappa shape index (κ3) is 6.07. The number of amides is 2. The Bertz CT molecular complexity index is 960. The van der Waals surface area contributed by atoms with Crippen molar-refractivity contribution in [1.82, 2.24) is 19.0 Å². The minimum Gasteiger partial charge on any atom is -0.495 e. The summed E-state index contributed by atoms with van der Waals surface area (Å²) < 4.78 is 38.4. The van der Waals surface area contributed by atoms with Crippen LogP contribution in [0.4, 0.5) is 0 Å². The first-order valence-electron chi connectivity index (χ1n) is 11.9. The van der Waals surface area contributed by atoms with Gasteiger partial charge in [-0.1, -0.05) is 0 Å². The zero-order valence-corrected chi connectivity index (χ0v) is 21.2. The molecule has 0 spiro atoms. The molecule has 2 saturated heterocycles. The topological polar surface area (TPSA) is 99.7 Å². The number of sulfonamides is 1. The lowest BCUT2D eigenvalue weighted by Crippen LogP contribution is -2.42. The molecule has 2 heterocycles. The monoisotopic (exact) mass is 496 g/mol. The largest absolute Gasteiger partial charge is 0.495 e. The minimum absolute atomic E-state index is 0.0102. The molecule has 10 nitrogen and oxygen atoms in total. The van der Waals surface area contributed by atoms with E-state index in [2.05, 4.69) is 4.90 Å². The van der Waals surface area contributed by atoms with Crippen molar-refractivity contribution in [1.29, 1.82) is 0 Å². The summed E-state index contributed by atoms with van der Waals surface area (Å²) in [6.45, 7) is 9.17. The van der Waals surface area contributed by atoms with Crippen molar-refractivity contribution in [2.24, 2.45) is 0 Å². The zero-order valence-electron chi connectivity index (χ0n) is 20.4. The van der Waals surface area contributed by atoms with Gasteiger partial charge in [0, 0.05) is 57.9 Å². The molecular formula is C23H36N4O6S. The van der Waals surface area contributed by atoms with E-state index in [9.17, 15) is 18.0 Å². The van der Waals surface area contributed by atoms with Crippen molar-refractivity contribution in [3.05, 3.63) is 23.8 Å². The van der Waals surface area contributed by atoms with Gasteiger partial charge in [0.2, 0.25) is 15.9 Å². The first-order chi connectivity index (χ1) is 16.3. The smallest absolute Gasteiger partial charge is 0.253 e. The van der Waals surface area contributed by atoms with Crippen LogP contribution in [-0.2, 0) is 19.6 Å². The van der Waals surface area contributed by atoms with Gasteiger partial charge in [-0.3, -0.25) is 14.5 Å². The standard InChI is InChI=1S/C23H36N4O6S/c1-4-25(5-2)22(28)18-24-9-6-10-26(12-11-24)23(29)19-7-8-20(32-3)21(17-19)34(30,31)27-13-15-33-16-14-27/h7-8,17H,4-6,9-16,18H2,1-3H3. The van der Waals surface area contributed by atoms with Crippen LogP contribution in [0, 0.1) is 0 Å². The van der Waals surface area contributed by atoms with Crippen molar-refractivity contribution in [3.8, 4) is 5.75 Å². The van der Waals surface area contributed by atoms with Crippen molar-refractivity contribution in [2.45, 2.75) is 25.2 Å². The maximum Gasteiger partial charge on any atom is 0.253 e. The molecule has 0 aromatic heterocycles. The number of methoxy groups -OCH3 is 1. The van der Waals surface area contributed by atoms with E-state index >= 15 is 0 Å². The fourth-order valence-electron chi connectivity index (χ4n) is 4.32. The van der Waals surface area contributed by atoms with Crippen molar-refractivity contribution >= 4 is 21.8 Å². The van der Waals surface area contributed by atoms with Gasteiger partial charge in [-0.15, -0.1) is 0 Å². The molecule has 3 rings (SSSR count). The Morgan fingerprint density at radius 3 is 2.38 bits per heavy atom. The van der Waals surface area contributed by atoms with E-state index in [0.29, 0.717) is 58.0 Å². The number of rotatable bonds is 8. The zero-order chi connectivity index (χ0) is 24.7. The molecular weight excluding hydrogens is 460 g/mol. The molecule has 1 aromatic carbocycles. The molecule has 1 aromatic rings. The summed E-state index contributed by atoms with van der Waals surface area (Å²) in [6.07, 6.45) is 0.742. The molecule has 0 radical (unpaired) electrons. The third-order valence-electron chi connectivity index (χ3n) is 6.35. The van der Waals surface area contributed by atoms with Gasteiger partial charge in [-0.05, 0) is 38.5 Å². The molecule has 0 bridgehead atoms. The second-order valence-corrected chi connectivity index (χ2v) is 10.3. The Labute approximate surface area is 202 Å². The summed E-state index contributed by atoms with van der Waals surface area (Å²) in [6, 6.07) is 4.55. The molecule has 2 fully saturated rings. The number of morpholine rings is 1. The van der Waals surface area contributed by atoms with Crippen LogP contribution in [0.15, 0.2) is 23.1 Å². The highest BCUT2D eigenvalue weighted by Gasteiger charge is 2.31. The lowest BCUT2D eigenvalue weighted by molar-refractivity contribution is -0.132. The third-order valence-corrected chi connectivity index (χ3v) is 8.27. The number of likely N-dealkylation sites (N-methyl/N-ethyl adjacent to an activating group) is 1. The average molecular weight is 497 g/mol.